The van der Waals surface area contributed by atoms with E-state index < -0.39 is 28.1 Å². The first-order valence-electron chi connectivity index (χ1n) is 7.36. The van der Waals surface area contributed by atoms with Crippen LogP contribution < -0.4 is 4.74 Å². The summed E-state index contributed by atoms with van der Waals surface area (Å²) in [5, 5.41) is 11.4. The summed E-state index contributed by atoms with van der Waals surface area (Å²) in [6, 6.07) is 3.91. The van der Waals surface area contributed by atoms with Gasteiger partial charge in [0.2, 0.25) is 0 Å². The smallest absolute Gasteiger partial charge is 0.349 e. The normalized spacial score (nSPS) is 9.76. The van der Waals surface area contributed by atoms with Crippen LogP contribution in [0.15, 0.2) is 23.8 Å². The molecule has 0 N–H and O–H groups in total. The minimum Gasteiger partial charge on any atom is -0.497 e. The topological polar surface area (TPSA) is 114 Å². The van der Waals surface area contributed by atoms with Crippen LogP contribution >= 0.6 is 0 Å². The molecule has 0 aliphatic heterocycles. The van der Waals surface area contributed by atoms with Crippen LogP contribution in [0.1, 0.15) is 19.4 Å². The van der Waals surface area contributed by atoms with Gasteiger partial charge in [-0.1, -0.05) is 0 Å². The number of ether oxygens (including phenoxy) is 4. The molecule has 0 bridgehead atoms. The van der Waals surface area contributed by atoms with E-state index >= 15 is 0 Å². The molecule has 0 spiro atoms. The lowest BCUT2D eigenvalue weighted by atomic mass is 10.1. The van der Waals surface area contributed by atoms with Crippen molar-refractivity contribution in [2.75, 3.05) is 27.4 Å². The largest absolute Gasteiger partial charge is 0.497 e. The van der Waals surface area contributed by atoms with Crippen molar-refractivity contribution in [3.8, 4) is 5.75 Å². The summed E-state index contributed by atoms with van der Waals surface area (Å²) in [4.78, 5) is 35.1. The first-order valence-corrected chi connectivity index (χ1v) is 7.36. The fraction of sp³-hybridized carbons (Fsp3) is 0.375. The highest BCUT2D eigenvalue weighted by Gasteiger charge is 2.31. The monoisotopic (exact) mass is 353 g/mol. The van der Waals surface area contributed by atoms with Crippen LogP contribution in [0.2, 0.25) is 0 Å². The lowest BCUT2D eigenvalue weighted by Crippen LogP contribution is -2.21. The van der Waals surface area contributed by atoms with E-state index in [0.717, 1.165) is 6.07 Å². The number of methoxy groups -OCH3 is 2. The number of rotatable bonds is 8. The maximum atomic E-state index is 12.2. The minimum atomic E-state index is -0.997. The van der Waals surface area contributed by atoms with Crippen molar-refractivity contribution in [2.24, 2.45) is 0 Å². The number of carbonyl (C=O) groups is 2. The Hall–Kier alpha value is -3.10. The molecular weight excluding hydrogens is 334 g/mol. The molecular formula is C16H19NO8. The minimum absolute atomic E-state index is 0.00341. The maximum absolute atomic E-state index is 12.2. The van der Waals surface area contributed by atoms with Crippen LogP contribution in [-0.4, -0.2) is 44.3 Å². The number of nitro benzene ring substituents is 1. The zero-order chi connectivity index (χ0) is 19.0. The number of hydrogen-bond donors (Lipinski definition) is 0. The summed E-state index contributed by atoms with van der Waals surface area (Å²) >= 11 is 0. The van der Waals surface area contributed by atoms with Gasteiger partial charge in [-0.25, -0.2) is 9.59 Å². The van der Waals surface area contributed by atoms with E-state index in [4.69, 9.17) is 18.9 Å². The predicted octanol–water partition coefficient (Wildman–Crippen LogP) is 2.09. The molecule has 0 fully saturated rings. The summed E-state index contributed by atoms with van der Waals surface area (Å²) in [7, 11) is 2.54. The van der Waals surface area contributed by atoms with Crippen molar-refractivity contribution in [2.45, 2.75) is 13.8 Å². The highest BCUT2D eigenvalue weighted by atomic mass is 16.6. The molecule has 136 valence electrons. The van der Waals surface area contributed by atoms with Crippen LogP contribution in [0.3, 0.4) is 0 Å². The number of hydrogen-bond acceptors (Lipinski definition) is 8. The van der Waals surface area contributed by atoms with E-state index in [2.05, 4.69) is 0 Å². The van der Waals surface area contributed by atoms with Gasteiger partial charge in [0.1, 0.15) is 5.75 Å². The third kappa shape index (κ3) is 4.69. The third-order valence-electron chi connectivity index (χ3n) is 3.04. The molecule has 1 aromatic rings. The van der Waals surface area contributed by atoms with Crippen molar-refractivity contribution in [1.29, 1.82) is 0 Å². The Bertz CT molecular complexity index is 675. The number of carbonyl (C=O) groups excluding carboxylic acids is 2. The Labute approximate surface area is 144 Å². The quantitative estimate of drug-likeness (QED) is 0.133. The molecule has 0 aliphatic rings. The Balaban J connectivity index is 3.68. The van der Waals surface area contributed by atoms with Crippen LogP contribution in [0, 0.1) is 10.1 Å². The average Bonchev–Trinajstić information content (AvgIpc) is 2.59. The second kappa shape index (κ2) is 9.26. The summed E-state index contributed by atoms with van der Waals surface area (Å²) in [6.45, 7) is 3.12. The van der Waals surface area contributed by atoms with Crippen LogP contribution in [0.4, 0.5) is 5.69 Å². The zero-order valence-corrected chi connectivity index (χ0v) is 14.4. The SMILES string of the molecule is CCOC(=O)C(C(=O)OCC)=C(OC)c1ccc(OC)cc1[N+](=O)[O-]. The molecule has 0 radical (unpaired) electrons. The Morgan fingerprint density at radius 2 is 1.64 bits per heavy atom. The van der Waals surface area contributed by atoms with E-state index in [-0.39, 0.29) is 30.3 Å². The molecule has 0 atom stereocenters. The van der Waals surface area contributed by atoms with E-state index in [9.17, 15) is 19.7 Å². The van der Waals surface area contributed by atoms with Gasteiger partial charge >= 0.3 is 11.9 Å². The van der Waals surface area contributed by atoms with Gasteiger partial charge in [-0.2, -0.15) is 0 Å². The fourth-order valence-corrected chi connectivity index (χ4v) is 2.00. The van der Waals surface area contributed by atoms with Crippen molar-refractivity contribution < 1.29 is 33.5 Å². The molecule has 9 heteroatoms. The second-order valence-corrected chi connectivity index (χ2v) is 4.49. The molecule has 0 aromatic heterocycles. The number of benzene rings is 1. The second-order valence-electron chi connectivity index (χ2n) is 4.49. The van der Waals surface area contributed by atoms with Crippen LogP contribution in [-0.2, 0) is 23.8 Å². The van der Waals surface area contributed by atoms with Crippen molar-refractivity contribution in [3.05, 3.63) is 39.4 Å². The fourth-order valence-electron chi connectivity index (χ4n) is 2.00. The molecule has 0 aliphatic carbocycles. The lowest BCUT2D eigenvalue weighted by Gasteiger charge is -2.13. The molecule has 9 nitrogen and oxygen atoms in total. The molecule has 0 saturated carbocycles. The van der Waals surface area contributed by atoms with E-state index in [1.54, 1.807) is 13.8 Å². The van der Waals surface area contributed by atoms with Gasteiger partial charge in [0.05, 0.1) is 44.0 Å². The first kappa shape index (κ1) is 19.9. The molecule has 25 heavy (non-hydrogen) atoms. The summed E-state index contributed by atoms with van der Waals surface area (Å²) in [5.41, 5.74) is -1.04. The standard InChI is InChI=1S/C16H19NO8/c1-5-24-15(18)13(16(19)25-6-2)14(23-4)11-8-7-10(22-3)9-12(11)17(20)21/h7-9H,5-6H2,1-4H3. The highest BCUT2D eigenvalue weighted by Crippen LogP contribution is 2.32. The third-order valence-corrected chi connectivity index (χ3v) is 3.04. The highest BCUT2D eigenvalue weighted by molar-refractivity contribution is 6.19. The van der Waals surface area contributed by atoms with Gasteiger partial charge in [0.25, 0.3) is 5.69 Å². The maximum Gasteiger partial charge on any atom is 0.349 e. The van der Waals surface area contributed by atoms with Crippen molar-refractivity contribution in [1.82, 2.24) is 0 Å². The Morgan fingerprint density at radius 1 is 1.08 bits per heavy atom. The zero-order valence-electron chi connectivity index (χ0n) is 14.4. The lowest BCUT2D eigenvalue weighted by molar-refractivity contribution is -0.385. The molecule has 0 unspecified atom stereocenters. The van der Waals surface area contributed by atoms with Crippen molar-refractivity contribution >= 4 is 23.4 Å². The van der Waals surface area contributed by atoms with Gasteiger partial charge < -0.3 is 18.9 Å². The van der Waals surface area contributed by atoms with Gasteiger partial charge in [0, 0.05) is 0 Å². The molecule has 1 rings (SSSR count). The van der Waals surface area contributed by atoms with Gasteiger partial charge in [-0.05, 0) is 26.0 Å². The van der Waals surface area contributed by atoms with Gasteiger partial charge in [0.15, 0.2) is 11.3 Å². The molecule has 0 amide bonds. The first-order chi connectivity index (χ1) is 11.9. The Morgan fingerprint density at radius 3 is 2.04 bits per heavy atom. The number of esters is 2. The molecule has 0 saturated heterocycles. The van der Waals surface area contributed by atoms with Gasteiger partial charge in [-0.15, -0.1) is 0 Å². The molecule has 1 aromatic carbocycles. The Kier molecular flexibility index (Phi) is 7.39. The van der Waals surface area contributed by atoms with Gasteiger partial charge in [-0.3, -0.25) is 10.1 Å². The summed E-state index contributed by atoms with van der Waals surface area (Å²) < 4.78 is 19.8. The van der Waals surface area contributed by atoms with Crippen molar-refractivity contribution in [3.63, 3.8) is 0 Å². The predicted molar refractivity (Wildman–Crippen MR) is 86.8 cm³/mol. The summed E-state index contributed by atoms with van der Waals surface area (Å²) in [6.07, 6.45) is 0. The summed E-state index contributed by atoms with van der Waals surface area (Å²) in [5.74, 6) is -2.07. The van der Waals surface area contributed by atoms with E-state index in [0.29, 0.717) is 0 Å². The molecule has 0 heterocycles. The number of nitro groups is 1. The van der Waals surface area contributed by atoms with E-state index in [1.165, 1.54) is 26.4 Å². The van der Waals surface area contributed by atoms with Crippen LogP contribution in [0.5, 0.6) is 5.75 Å². The van der Waals surface area contributed by atoms with E-state index in [1.807, 2.05) is 0 Å². The van der Waals surface area contributed by atoms with Crippen LogP contribution in [0.25, 0.3) is 5.76 Å². The number of nitrogens with zero attached hydrogens (tertiary/aromatic N) is 1. The average molecular weight is 353 g/mol.